The van der Waals surface area contributed by atoms with Gasteiger partial charge in [0.1, 0.15) is 5.75 Å². The van der Waals surface area contributed by atoms with E-state index in [4.69, 9.17) is 9.47 Å². The largest absolute Gasteiger partial charge is 0.424 e. The van der Waals surface area contributed by atoms with E-state index in [1.54, 1.807) is 24.7 Å². The van der Waals surface area contributed by atoms with Gasteiger partial charge in [-0.15, -0.1) is 0 Å². The Labute approximate surface area is 180 Å². The Morgan fingerprint density at radius 2 is 1.97 bits per heavy atom. The van der Waals surface area contributed by atoms with Crippen LogP contribution in [-0.2, 0) is 17.7 Å². The Morgan fingerprint density at radius 3 is 2.90 bits per heavy atom. The van der Waals surface area contributed by atoms with Crippen LogP contribution in [0.2, 0.25) is 0 Å². The fourth-order valence-corrected chi connectivity index (χ4v) is 3.89. The summed E-state index contributed by atoms with van der Waals surface area (Å²) in [5, 5.41) is 4.67. The first-order valence-electron chi connectivity index (χ1n) is 10.4. The molecule has 1 aliphatic heterocycles. The molecule has 0 aliphatic carbocycles. The van der Waals surface area contributed by atoms with Gasteiger partial charge in [0.2, 0.25) is 0 Å². The lowest BCUT2D eigenvalue weighted by molar-refractivity contribution is 0.121. The van der Waals surface area contributed by atoms with Crippen LogP contribution in [0.3, 0.4) is 0 Å². The minimum Gasteiger partial charge on any atom is -0.424 e. The zero-order valence-corrected chi connectivity index (χ0v) is 17.2. The SMILES string of the molecule is c1cnc(Oc2cccc(CN3CCOC[C@@H](Cc4ccc5nccn5n4)C3)c2)nc1. The van der Waals surface area contributed by atoms with Crippen molar-refractivity contribution in [3.8, 4) is 11.8 Å². The van der Waals surface area contributed by atoms with E-state index in [1.165, 1.54) is 5.56 Å². The van der Waals surface area contributed by atoms with Crippen molar-refractivity contribution in [3.05, 3.63) is 78.5 Å². The summed E-state index contributed by atoms with van der Waals surface area (Å²) in [6.07, 6.45) is 7.86. The Hall–Kier alpha value is -3.36. The van der Waals surface area contributed by atoms with Gasteiger partial charge in [0, 0.05) is 50.3 Å². The molecule has 5 rings (SSSR count). The standard InChI is InChI=1S/C23H24N6O2/c1-3-18(14-21(4-1)31-23-25-7-2-8-26-23)15-28-11-12-30-17-19(16-28)13-20-5-6-22-24-9-10-29(22)27-20/h1-10,14,19H,11-13,15-17H2/t19-/m0/s1. The van der Waals surface area contributed by atoms with Gasteiger partial charge in [-0.1, -0.05) is 12.1 Å². The van der Waals surface area contributed by atoms with Gasteiger partial charge in [-0.05, 0) is 42.3 Å². The van der Waals surface area contributed by atoms with E-state index in [0.29, 0.717) is 11.9 Å². The van der Waals surface area contributed by atoms with Gasteiger partial charge >= 0.3 is 6.01 Å². The molecule has 8 heteroatoms. The van der Waals surface area contributed by atoms with Gasteiger partial charge < -0.3 is 9.47 Å². The molecule has 0 saturated carbocycles. The van der Waals surface area contributed by atoms with Crippen LogP contribution < -0.4 is 4.74 Å². The molecule has 1 aromatic carbocycles. The van der Waals surface area contributed by atoms with Crippen LogP contribution in [0.1, 0.15) is 11.3 Å². The molecule has 1 atom stereocenters. The normalized spacial score (nSPS) is 17.5. The predicted octanol–water partition coefficient (Wildman–Crippen LogP) is 3.00. The second-order valence-corrected chi connectivity index (χ2v) is 7.72. The molecular formula is C23H24N6O2. The minimum absolute atomic E-state index is 0.352. The van der Waals surface area contributed by atoms with Crippen molar-refractivity contribution in [1.82, 2.24) is 29.5 Å². The highest BCUT2D eigenvalue weighted by Gasteiger charge is 2.20. The minimum atomic E-state index is 0.352. The Balaban J connectivity index is 1.24. The number of aromatic nitrogens is 5. The van der Waals surface area contributed by atoms with E-state index in [-0.39, 0.29) is 0 Å². The van der Waals surface area contributed by atoms with E-state index in [9.17, 15) is 0 Å². The molecule has 1 aliphatic rings. The van der Waals surface area contributed by atoms with Gasteiger partial charge in [0.25, 0.3) is 0 Å². The summed E-state index contributed by atoms with van der Waals surface area (Å²) in [4.78, 5) is 14.9. The summed E-state index contributed by atoms with van der Waals surface area (Å²) < 4.78 is 13.5. The topological polar surface area (TPSA) is 77.7 Å². The number of benzene rings is 1. The molecule has 3 aromatic heterocycles. The Bertz CT molecular complexity index is 1130. The van der Waals surface area contributed by atoms with Crippen molar-refractivity contribution in [3.63, 3.8) is 0 Å². The lowest BCUT2D eigenvalue weighted by Gasteiger charge is -2.23. The summed E-state index contributed by atoms with van der Waals surface area (Å²) in [7, 11) is 0. The first kappa shape index (κ1) is 19.6. The molecule has 0 N–H and O–H groups in total. The van der Waals surface area contributed by atoms with Gasteiger partial charge in [0.05, 0.1) is 18.9 Å². The molecule has 0 radical (unpaired) electrons. The van der Waals surface area contributed by atoms with Crippen molar-refractivity contribution >= 4 is 5.65 Å². The molecule has 1 saturated heterocycles. The molecule has 0 amide bonds. The third-order valence-electron chi connectivity index (χ3n) is 5.29. The van der Waals surface area contributed by atoms with E-state index in [1.807, 2.05) is 35.0 Å². The third kappa shape index (κ3) is 5.04. The summed E-state index contributed by atoms with van der Waals surface area (Å²) in [6.45, 7) is 4.17. The van der Waals surface area contributed by atoms with Gasteiger partial charge in [-0.25, -0.2) is 19.5 Å². The second-order valence-electron chi connectivity index (χ2n) is 7.72. The average Bonchev–Trinajstić information content (AvgIpc) is 3.14. The van der Waals surface area contributed by atoms with Crippen molar-refractivity contribution in [2.45, 2.75) is 13.0 Å². The fourth-order valence-electron chi connectivity index (χ4n) is 3.89. The van der Waals surface area contributed by atoms with Crippen LogP contribution in [0.25, 0.3) is 5.65 Å². The number of hydrogen-bond donors (Lipinski definition) is 0. The maximum absolute atomic E-state index is 5.89. The van der Waals surface area contributed by atoms with Crippen LogP contribution >= 0.6 is 0 Å². The quantitative estimate of drug-likeness (QED) is 0.478. The number of rotatable bonds is 6. The van der Waals surface area contributed by atoms with E-state index in [0.717, 1.165) is 56.4 Å². The maximum Gasteiger partial charge on any atom is 0.321 e. The fraction of sp³-hybridized carbons (Fsp3) is 0.304. The highest BCUT2D eigenvalue weighted by Crippen LogP contribution is 2.21. The molecular weight excluding hydrogens is 392 g/mol. The molecule has 0 unspecified atom stereocenters. The lowest BCUT2D eigenvalue weighted by Crippen LogP contribution is -2.30. The summed E-state index contributed by atoms with van der Waals surface area (Å²) in [5.41, 5.74) is 3.11. The monoisotopic (exact) mass is 416 g/mol. The van der Waals surface area contributed by atoms with Crippen molar-refractivity contribution in [2.24, 2.45) is 5.92 Å². The van der Waals surface area contributed by atoms with Crippen LogP contribution in [-0.4, -0.2) is 55.8 Å². The van der Waals surface area contributed by atoms with Crippen molar-refractivity contribution < 1.29 is 9.47 Å². The average molecular weight is 416 g/mol. The molecule has 4 heterocycles. The highest BCUT2D eigenvalue weighted by molar-refractivity contribution is 5.36. The van der Waals surface area contributed by atoms with E-state index in [2.05, 4.69) is 37.1 Å². The van der Waals surface area contributed by atoms with Crippen molar-refractivity contribution in [2.75, 3.05) is 26.3 Å². The lowest BCUT2D eigenvalue weighted by atomic mass is 10.0. The molecule has 0 spiro atoms. The number of ether oxygens (including phenoxy) is 2. The van der Waals surface area contributed by atoms with Gasteiger partial charge in [-0.3, -0.25) is 4.90 Å². The maximum atomic E-state index is 5.89. The second kappa shape index (κ2) is 9.20. The molecule has 31 heavy (non-hydrogen) atoms. The Kier molecular flexibility index (Phi) is 5.81. The van der Waals surface area contributed by atoms with Gasteiger partial charge in [-0.2, -0.15) is 5.10 Å². The summed E-state index contributed by atoms with van der Waals surface area (Å²) >= 11 is 0. The number of fused-ring (bicyclic) bond motifs is 1. The van der Waals surface area contributed by atoms with Gasteiger partial charge in [0.15, 0.2) is 5.65 Å². The van der Waals surface area contributed by atoms with Crippen LogP contribution in [0.5, 0.6) is 11.8 Å². The first-order valence-corrected chi connectivity index (χ1v) is 10.4. The zero-order valence-electron chi connectivity index (χ0n) is 17.2. The smallest absolute Gasteiger partial charge is 0.321 e. The van der Waals surface area contributed by atoms with E-state index < -0.39 is 0 Å². The zero-order chi connectivity index (χ0) is 20.9. The predicted molar refractivity (Wildman–Crippen MR) is 115 cm³/mol. The molecule has 0 bridgehead atoms. The summed E-state index contributed by atoms with van der Waals surface area (Å²) in [5.74, 6) is 1.12. The van der Waals surface area contributed by atoms with E-state index >= 15 is 0 Å². The third-order valence-corrected chi connectivity index (χ3v) is 5.29. The molecule has 158 valence electrons. The number of hydrogen-bond acceptors (Lipinski definition) is 7. The molecule has 8 nitrogen and oxygen atoms in total. The highest BCUT2D eigenvalue weighted by atomic mass is 16.5. The van der Waals surface area contributed by atoms with Crippen LogP contribution in [0, 0.1) is 5.92 Å². The molecule has 4 aromatic rings. The summed E-state index contributed by atoms with van der Waals surface area (Å²) in [6, 6.07) is 14.3. The first-order chi connectivity index (χ1) is 15.3. The van der Waals surface area contributed by atoms with Crippen molar-refractivity contribution in [1.29, 1.82) is 0 Å². The molecule has 1 fully saturated rings. The number of nitrogens with zero attached hydrogens (tertiary/aromatic N) is 6. The van der Waals surface area contributed by atoms with Crippen LogP contribution in [0.4, 0.5) is 0 Å². The van der Waals surface area contributed by atoms with Crippen LogP contribution in [0.15, 0.2) is 67.3 Å². The Morgan fingerprint density at radius 1 is 1.03 bits per heavy atom. The number of imidazole rings is 1.